The second-order valence-electron chi connectivity index (χ2n) is 6.91. The number of carbonyl (C=O) groups excluding carboxylic acids is 2. The number of aryl methyl sites for hydroxylation is 1. The van der Waals surface area contributed by atoms with Crippen LogP contribution in [0.15, 0.2) is 36.4 Å². The maximum absolute atomic E-state index is 12.3. The number of carbonyl (C=O) groups is 2. The minimum atomic E-state index is -0.708. The largest absolute Gasteiger partial charge is 0.349 e. The summed E-state index contributed by atoms with van der Waals surface area (Å²) < 4.78 is 1.92. The van der Waals surface area contributed by atoms with Gasteiger partial charge in [-0.1, -0.05) is 30.3 Å². The van der Waals surface area contributed by atoms with Crippen molar-refractivity contribution in [2.75, 3.05) is 20.6 Å². The first-order valence-electron chi connectivity index (χ1n) is 9.06. The van der Waals surface area contributed by atoms with Gasteiger partial charge in [-0.05, 0) is 18.1 Å². The number of hydrogen-bond acceptors (Lipinski definition) is 4. The number of nitrogens with one attached hydrogen (secondary N) is 1. The molecule has 1 aliphatic heterocycles. The Balaban J connectivity index is 1.62. The molecular formula is C19H26N6O2. The van der Waals surface area contributed by atoms with Crippen LogP contribution >= 0.6 is 0 Å². The van der Waals surface area contributed by atoms with Crippen LogP contribution in [0.3, 0.4) is 0 Å². The molecule has 144 valence electrons. The highest BCUT2D eigenvalue weighted by Crippen LogP contribution is 2.15. The van der Waals surface area contributed by atoms with Crippen LogP contribution in [0, 0.1) is 0 Å². The van der Waals surface area contributed by atoms with E-state index in [9.17, 15) is 9.59 Å². The molecule has 1 aromatic carbocycles. The molecule has 3 N–H and O–H groups in total. The van der Waals surface area contributed by atoms with Crippen LogP contribution < -0.4 is 11.1 Å². The quantitative estimate of drug-likeness (QED) is 0.842. The molecule has 0 bridgehead atoms. The topological polar surface area (TPSA) is 96.5 Å². The Hall–Kier alpha value is -2.87. The van der Waals surface area contributed by atoms with Crippen molar-refractivity contribution in [1.82, 2.24) is 24.9 Å². The summed E-state index contributed by atoms with van der Waals surface area (Å²) in [6, 6.07) is 10.5. The highest BCUT2D eigenvalue weighted by atomic mass is 16.2. The predicted octanol–water partition coefficient (Wildman–Crippen LogP) is 1.09. The number of hydrogen-bond donors (Lipinski definition) is 2. The molecule has 0 aliphatic carbocycles. The predicted molar refractivity (Wildman–Crippen MR) is 102 cm³/mol. The lowest BCUT2D eigenvalue weighted by molar-refractivity contribution is -0.122. The molecule has 0 spiro atoms. The van der Waals surface area contributed by atoms with E-state index < -0.39 is 6.04 Å². The zero-order chi connectivity index (χ0) is 19.4. The van der Waals surface area contributed by atoms with Gasteiger partial charge in [0.15, 0.2) is 0 Å². The molecule has 0 saturated heterocycles. The molecule has 1 atom stereocenters. The van der Waals surface area contributed by atoms with Crippen molar-refractivity contribution in [1.29, 1.82) is 0 Å². The fourth-order valence-electron chi connectivity index (χ4n) is 3.15. The number of urea groups is 1. The van der Waals surface area contributed by atoms with Gasteiger partial charge in [-0.3, -0.25) is 9.48 Å². The third kappa shape index (κ3) is 4.46. The van der Waals surface area contributed by atoms with Crippen LogP contribution in [0.1, 0.15) is 29.4 Å². The van der Waals surface area contributed by atoms with E-state index in [0.717, 1.165) is 29.9 Å². The van der Waals surface area contributed by atoms with Gasteiger partial charge in [-0.25, -0.2) is 4.79 Å². The molecule has 0 radical (unpaired) electrons. The molecule has 0 unspecified atom stereocenters. The minimum absolute atomic E-state index is 0.00617. The van der Waals surface area contributed by atoms with Gasteiger partial charge in [0.1, 0.15) is 6.04 Å². The lowest BCUT2D eigenvalue weighted by Crippen LogP contribution is -2.38. The molecular weight excluding hydrogens is 344 g/mol. The summed E-state index contributed by atoms with van der Waals surface area (Å²) in [5.41, 5.74) is 8.52. The Kier molecular flexibility index (Phi) is 5.75. The van der Waals surface area contributed by atoms with Gasteiger partial charge in [0.25, 0.3) is 0 Å². The molecule has 27 heavy (non-hydrogen) atoms. The lowest BCUT2D eigenvalue weighted by atomic mass is 10.1. The van der Waals surface area contributed by atoms with Crippen LogP contribution in [0.2, 0.25) is 0 Å². The van der Waals surface area contributed by atoms with Crippen molar-refractivity contribution in [3.05, 3.63) is 53.3 Å². The van der Waals surface area contributed by atoms with Gasteiger partial charge in [0.2, 0.25) is 5.91 Å². The Bertz CT molecular complexity index is 802. The maximum Gasteiger partial charge on any atom is 0.319 e. The number of benzene rings is 1. The van der Waals surface area contributed by atoms with E-state index in [0.29, 0.717) is 19.6 Å². The van der Waals surface area contributed by atoms with Gasteiger partial charge in [0.05, 0.1) is 24.5 Å². The number of rotatable bonds is 4. The normalized spacial score (nSPS) is 14.9. The molecule has 2 heterocycles. The fraction of sp³-hybridized carbons (Fsp3) is 0.421. The summed E-state index contributed by atoms with van der Waals surface area (Å²) >= 11 is 0. The second-order valence-corrected chi connectivity index (χ2v) is 6.91. The summed E-state index contributed by atoms with van der Waals surface area (Å²) in [5.74, 6) is -0.242. The average Bonchev–Trinajstić information content (AvgIpc) is 2.95. The minimum Gasteiger partial charge on any atom is -0.349 e. The van der Waals surface area contributed by atoms with Crippen LogP contribution in [-0.4, -0.2) is 52.2 Å². The molecule has 2 aromatic rings. The van der Waals surface area contributed by atoms with Gasteiger partial charge in [-0.15, -0.1) is 0 Å². The van der Waals surface area contributed by atoms with E-state index in [1.54, 1.807) is 19.0 Å². The summed E-state index contributed by atoms with van der Waals surface area (Å²) in [5, 5.41) is 7.41. The highest BCUT2D eigenvalue weighted by Gasteiger charge is 2.22. The SMILES string of the molecule is CN(C)C(=O)N1CCCn2nc(CNC(=O)[C@H](N)c3ccccc3)cc2C1. The molecule has 8 nitrogen and oxygen atoms in total. The zero-order valence-corrected chi connectivity index (χ0v) is 15.8. The Morgan fingerprint density at radius 2 is 2.00 bits per heavy atom. The Morgan fingerprint density at radius 3 is 2.70 bits per heavy atom. The van der Waals surface area contributed by atoms with Crippen LogP contribution in [0.4, 0.5) is 4.79 Å². The second kappa shape index (κ2) is 8.22. The van der Waals surface area contributed by atoms with E-state index in [-0.39, 0.29) is 11.9 Å². The first-order chi connectivity index (χ1) is 13.0. The number of nitrogens with two attached hydrogens (primary N) is 1. The Morgan fingerprint density at radius 1 is 1.26 bits per heavy atom. The van der Waals surface area contributed by atoms with E-state index in [1.807, 2.05) is 46.0 Å². The summed E-state index contributed by atoms with van der Waals surface area (Å²) in [7, 11) is 3.50. The van der Waals surface area contributed by atoms with E-state index in [1.165, 1.54) is 0 Å². The van der Waals surface area contributed by atoms with Crippen molar-refractivity contribution < 1.29 is 9.59 Å². The molecule has 8 heteroatoms. The van der Waals surface area contributed by atoms with Crippen molar-refractivity contribution >= 4 is 11.9 Å². The number of aromatic nitrogens is 2. The molecule has 1 aliphatic rings. The number of fused-ring (bicyclic) bond motifs is 1. The number of nitrogens with zero attached hydrogens (tertiary/aromatic N) is 4. The summed E-state index contributed by atoms with van der Waals surface area (Å²) in [4.78, 5) is 27.9. The summed E-state index contributed by atoms with van der Waals surface area (Å²) in [6.45, 7) is 2.28. The van der Waals surface area contributed by atoms with E-state index in [2.05, 4.69) is 10.4 Å². The molecule has 3 rings (SSSR count). The monoisotopic (exact) mass is 370 g/mol. The van der Waals surface area contributed by atoms with E-state index in [4.69, 9.17) is 5.73 Å². The molecule has 0 fully saturated rings. The standard InChI is InChI=1S/C19H26N6O2/c1-23(2)19(27)24-9-6-10-25-16(13-24)11-15(22-25)12-21-18(26)17(20)14-7-4-3-5-8-14/h3-5,7-8,11,17H,6,9-10,12-13,20H2,1-2H3,(H,21,26)/t17-/m1/s1. The zero-order valence-electron chi connectivity index (χ0n) is 15.8. The van der Waals surface area contributed by atoms with E-state index >= 15 is 0 Å². The average molecular weight is 370 g/mol. The van der Waals surface area contributed by atoms with Gasteiger partial charge in [-0.2, -0.15) is 5.10 Å². The third-order valence-corrected chi connectivity index (χ3v) is 4.60. The third-order valence-electron chi connectivity index (χ3n) is 4.60. The molecule has 1 aromatic heterocycles. The first kappa shape index (κ1) is 18.9. The highest BCUT2D eigenvalue weighted by molar-refractivity contribution is 5.82. The van der Waals surface area contributed by atoms with Crippen LogP contribution in [0.25, 0.3) is 0 Å². The maximum atomic E-state index is 12.3. The Labute approximate surface area is 158 Å². The fourth-order valence-corrected chi connectivity index (χ4v) is 3.15. The number of amides is 3. The molecule has 0 saturated carbocycles. The lowest BCUT2D eigenvalue weighted by Gasteiger charge is -2.23. The van der Waals surface area contributed by atoms with Gasteiger partial charge < -0.3 is 20.9 Å². The van der Waals surface area contributed by atoms with Crippen LogP contribution in [-0.2, 0) is 24.4 Å². The van der Waals surface area contributed by atoms with Crippen LogP contribution in [0.5, 0.6) is 0 Å². The van der Waals surface area contributed by atoms with Crippen molar-refractivity contribution in [3.63, 3.8) is 0 Å². The summed E-state index contributed by atoms with van der Waals surface area (Å²) in [6.07, 6.45) is 0.846. The smallest absolute Gasteiger partial charge is 0.319 e. The first-order valence-corrected chi connectivity index (χ1v) is 9.06. The van der Waals surface area contributed by atoms with Crippen molar-refractivity contribution in [2.45, 2.75) is 32.1 Å². The molecule has 3 amide bonds. The van der Waals surface area contributed by atoms with Crippen molar-refractivity contribution in [2.24, 2.45) is 5.73 Å². The van der Waals surface area contributed by atoms with Gasteiger partial charge >= 0.3 is 6.03 Å². The van der Waals surface area contributed by atoms with Crippen molar-refractivity contribution in [3.8, 4) is 0 Å². The van der Waals surface area contributed by atoms with Gasteiger partial charge in [0, 0.05) is 27.2 Å².